The highest BCUT2D eigenvalue weighted by atomic mass is 16.2. The number of benzene rings is 1. The number of pyridine rings is 1. The molecule has 1 aliphatic carbocycles. The van der Waals surface area contributed by atoms with Gasteiger partial charge in [-0.05, 0) is 61.2 Å². The van der Waals surface area contributed by atoms with Crippen LogP contribution in [0.5, 0.6) is 0 Å². The molecular formula is C25H33N5O2. The predicted molar refractivity (Wildman–Crippen MR) is 127 cm³/mol. The zero-order valence-corrected chi connectivity index (χ0v) is 18.9. The van der Waals surface area contributed by atoms with Crippen molar-refractivity contribution in [3.8, 4) is 0 Å². The maximum Gasteiger partial charge on any atom is 0.263 e. The number of nitrogens with zero attached hydrogens (tertiary/aromatic N) is 4. The largest absolute Gasteiger partial charge is 0.349 e. The van der Waals surface area contributed by atoms with Crippen molar-refractivity contribution in [1.29, 1.82) is 0 Å². The minimum Gasteiger partial charge on any atom is -0.349 e. The summed E-state index contributed by atoms with van der Waals surface area (Å²) in [7, 11) is 0. The van der Waals surface area contributed by atoms with Crippen LogP contribution in [0.2, 0.25) is 0 Å². The van der Waals surface area contributed by atoms with Gasteiger partial charge in [0.1, 0.15) is 5.56 Å². The second-order valence-corrected chi connectivity index (χ2v) is 8.53. The van der Waals surface area contributed by atoms with Gasteiger partial charge in [-0.1, -0.05) is 61.6 Å². The summed E-state index contributed by atoms with van der Waals surface area (Å²) in [6.07, 6.45) is 8.74. The molecule has 1 atom stereocenters. The summed E-state index contributed by atoms with van der Waals surface area (Å²) in [5.41, 5.74) is 12.0. The molecule has 7 nitrogen and oxygen atoms in total. The van der Waals surface area contributed by atoms with E-state index < -0.39 is 0 Å². The van der Waals surface area contributed by atoms with Gasteiger partial charge in [-0.3, -0.25) is 9.59 Å². The van der Waals surface area contributed by atoms with E-state index in [-0.39, 0.29) is 29.6 Å². The fraction of sp³-hybridized carbons (Fsp3) is 0.520. The Kier molecular flexibility index (Phi) is 8.93. The molecule has 3 rings (SSSR count). The number of carbonyl (C=O) groups is 1. The van der Waals surface area contributed by atoms with Crippen molar-refractivity contribution >= 4 is 5.91 Å². The van der Waals surface area contributed by atoms with Crippen LogP contribution in [-0.4, -0.2) is 23.1 Å². The Morgan fingerprint density at radius 2 is 1.94 bits per heavy atom. The molecular weight excluding hydrogens is 402 g/mol. The SMILES string of the molecule is CCCCn1c2c(cc(C(=O)N[C@@H](CN=[N+]=[N-])Cc3ccccc3)c1=O)CCCCCC2. The van der Waals surface area contributed by atoms with E-state index >= 15 is 0 Å². The van der Waals surface area contributed by atoms with Crippen LogP contribution in [0.3, 0.4) is 0 Å². The first-order valence-electron chi connectivity index (χ1n) is 11.7. The maximum absolute atomic E-state index is 13.4. The molecule has 1 N–H and O–H groups in total. The molecule has 1 heterocycles. The van der Waals surface area contributed by atoms with Crippen molar-refractivity contribution < 1.29 is 4.79 Å². The molecule has 32 heavy (non-hydrogen) atoms. The van der Waals surface area contributed by atoms with Crippen LogP contribution in [0.25, 0.3) is 10.4 Å². The number of fused-ring (bicyclic) bond motifs is 1. The van der Waals surface area contributed by atoms with Crippen LogP contribution >= 0.6 is 0 Å². The maximum atomic E-state index is 13.4. The fourth-order valence-corrected chi connectivity index (χ4v) is 4.41. The molecule has 0 bridgehead atoms. The molecule has 0 unspecified atom stereocenters. The average Bonchev–Trinajstić information content (AvgIpc) is 2.78. The molecule has 0 fully saturated rings. The molecule has 0 saturated heterocycles. The summed E-state index contributed by atoms with van der Waals surface area (Å²) in [5.74, 6) is -0.390. The van der Waals surface area contributed by atoms with Gasteiger partial charge in [0, 0.05) is 29.7 Å². The number of unbranched alkanes of at least 4 members (excludes halogenated alkanes) is 1. The van der Waals surface area contributed by atoms with Gasteiger partial charge in [-0.25, -0.2) is 0 Å². The second kappa shape index (κ2) is 12.1. The molecule has 0 aliphatic heterocycles. The minimum atomic E-state index is -0.390. The monoisotopic (exact) mass is 435 g/mol. The van der Waals surface area contributed by atoms with Gasteiger partial charge in [0.05, 0.1) is 0 Å². The molecule has 2 aromatic rings. The highest BCUT2D eigenvalue weighted by Gasteiger charge is 2.22. The van der Waals surface area contributed by atoms with Crippen molar-refractivity contribution in [3.05, 3.63) is 79.6 Å². The van der Waals surface area contributed by atoms with E-state index in [0.29, 0.717) is 13.0 Å². The third-order valence-corrected chi connectivity index (χ3v) is 6.11. The van der Waals surface area contributed by atoms with Crippen molar-refractivity contribution in [2.24, 2.45) is 5.11 Å². The summed E-state index contributed by atoms with van der Waals surface area (Å²) in [6, 6.07) is 11.2. The third-order valence-electron chi connectivity index (χ3n) is 6.11. The van der Waals surface area contributed by atoms with Gasteiger partial charge < -0.3 is 9.88 Å². The van der Waals surface area contributed by atoms with E-state index in [1.807, 2.05) is 41.0 Å². The Hall–Kier alpha value is -3.05. The second-order valence-electron chi connectivity index (χ2n) is 8.53. The number of amides is 1. The number of azide groups is 1. The van der Waals surface area contributed by atoms with Crippen LogP contribution in [0, 0.1) is 0 Å². The molecule has 170 valence electrons. The summed E-state index contributed by atoms with van der Waals surface area (Å²) in [5, 5.41) is 6.63. The first kappa shape index (κ1) is 23.6. The summed E-state index contributed by atoms with van der Waals surface area (Å²) >= 11 is 0. The van der Waals surface area contributed by atoms with Crippen LogP contribution in [0.15, 0.2) is 46.3 Å². The van der Waals surface area contributed by atoms with E-state index in [0.717, 1.165) is 55.3 Å². The molecule has 1 aliphatic rings. The highest BCUT2D eigenvalue weighted by molar-refractivity contribution is 5.94. The van der Waals surface area contributed by atoms with E-state index in [1.165, 1.54) is 12.8 Å². The lowest BCUT2D eigenvalue weighted by atomic mass is 9.95. The third kappa shape index (κ3) is 6.24. The molecule has 0 radical (unpaired) electrons. The van der Waals surface area contributed by atoms with Gasteiger partial charge in [-0.2, -0.15) is 0 Å². The van der Waals surface area contributed by atoms with Crippen LogP contribution in [0.4, 0.5) is 0 Å². The summed E-state index contributed by atoms with van der Waals surface area (Å²) < 4.78 is 1.85. The standard InChI is InChI=1S/C25H33N5O2/c1-2-3-15-30-23-14-10-5-4-9-13-20(23)17-22(25(30)32)24(31)28-21(18-27-29-26)16-19-11-7-6-8-12-19/h6-8,11-12,17,21H,2-5,9-10,13-16,18H2,1H3,(H,28,31)/t21-/m1/s1. The van der Waals surface area contributed by atoms with Gasteiger partial charge in [0.25, 0.3) is 11.5 Å². The number of hydrogen-bond donors (Lipinski definition) is 1. The molecule has 1 aromatic carbocycles. The normalized spacial score (nSPS) is 14.4. The fourth-order valence-electron chi connectivity index (χ4n) is 4.41. The molecule has 0 spiro atoms. The van der Waals surface area contributed by atoms with Crippen LogP contribution < -0.4 is 10.9 Å². The Morgan fingerprint density at radius 1 is 1.19 bits per heavy atom. The van der Waals surface area contributed by atoms with E-state index in [1.54, 1.807) is 0 Å². The van der Waals surface area contributed by atoms with E-state index in [2.05, 4.69) is 22.3 Å². The zero-order valence-electron chi connectivity index (χ0n) is 18.9. The van der Waals surface area contributed by atoms with Gasteiger partial charge in [0.15, 0.2) is 0 Å². The summed E-state index contributed by atoms with van der Waals surface area (Å²) in [6.45, 7) is 2.88. The van der Waals surface area contributed by atoms with Crippen molar-refractivity contribution in [2.75, 3.05) is 6.54 Å². The number of hydrogen-bond acceptors (Lipinski definition) is 3. The lowest BCUT2D eigenvalue weighted by Gasteiger charge is -2.22. The van der Waals surface area contributed by atoms with Crippen LogP contribution in [0.1, 0.15) is 72.6 Å². The zero-order chi connectivity index (χ0) is 22.8. The smallest absolute Gasteiger partial charge is 0.263 e. The molecule has 0 saturated carbocycles. The number of aryl methyl sites for hydroxylation is 1. The van der Waals surface area contributed by atoms with Crippen molar-refractivity contribution in [2.45, 2.75) is 77.3 Å². The first-order chi connectivity index (χ1) is 15.6. The van der Waals surface area contributed by atoms with E-state index in [4.69, 9.17) is 5.53 Å². The quantitative estimate of drug-likeness (QED) is 0.342. The van der Waals surface area contributed by atoms with Crippen molar-refractivity contribution in [1.82, 2.24) is 9.88 Å². The Balaban J connectivity index is 1.91. The Labute approximate surface area is 189 Å². The van der Waals surface area contributed by atoms with Crippen LogP contribution in [-0.2, 0) is 25.8 Å². The first-order valence-corrected chi connectivity index (χ1v) is 11.7. The minimum absolute atomic E-state index is 0.131. The van der Waals surface area contributed by atoms with Gasteiger partial charge >= 0.3 is 0 Å². The molecule has 1 amide bonds. The Morgan fingerprint density at radius 3 is 2.66 bits per heavy atom. The van der Waals surface area contributed by atoms with Gasteiger partial charge in [0.2, 0.25) is 0 Å². The molecule has 7 heteroatoms. The predicted octanol–water partition coefficient (Wildman–Crippen LogP) is 4.96. The van der Waals surface area contributed by atoms with Gasteiger partial charge in [-0.15, -0.1) is 0 Å². The number of carbonyl (C=O) groups excluding carboxylic acids is 1. The lowest BCUT2D eigenvalue weighted by Crippen LogP contribution is -2.42. The summed E-state index contributed by atoms with van der Waals surface area (Å²) in [4.78, 5) is 29.4. The van der Waals surface area contributed by atoms with E-state index in [9.17, 15) is 9.59 Å². The topological polar surface area (TPSA) is 99.9 Å². The average molecular weight is 436 g/mol. The Bertz CT molecular complexity index is 1010. The highest BCUT2D eigenvalue weighted by Crippen LogP contribution is 2.21. The lowest BCUT2D eigenvalue weighted by molar-refractivity contribution is 0.0935. The number of rotatable bonds is 9. The molecule has 1 aromatic heterocycles. The number of aromatic nitrogens is 1. The number of nitrogens with one attached hydrogen (secondary N) is 1. The van der Waals surface area contributed by atoms with Crippen molar-refractivity contribution in [3.63, 3.8) is 0 Å².